The highest BCUT2D eigenvalue weighted by Gasteiger charge is 2.35. The lowest BCUT2D eigenvalue weighted by molar-refractivity contribution is 0.563. The van der Waals surface area contributed by atoms with Crippen LogP contribution in [0.2, 0.25) is 0 Å². The van der Waals surface area contributed by atoms with E-state index in [2.05, 4.69) is 41.8 Å². The van der Waals surface area contributed by atoms with Crippen molar-refractivity contribution in [2.24, 2.45) is 16.8 Å². The van der Waals surface area contributed by atoms with E-state index in [0.717, 1.165) is 13.1 Å². The zero-order valence-corrected chi connectivity index (χ0v) is 8.06. The fraction of sp³-hybridized carbons (Fsp3) is 0.417. The predicted molar refractivity (Wildman–Crippen MR) is 58.5 cm³/mol. The molecule has 3 unspecified atom stereocenters. The molecule has 72 valence electrons. The summed E-state index contributed by atoms with van der Waals surface area (Å²) in [7, 11) is 0. The molecule has 2 nitrogen and oxygen atoms in total. The topological polar surface area (TPSA) is 24.4 Å². The lowest BCUT2D eigenvalue weighted by atomic mass is 9.84. The van der Waals surface area contributed by atoms with Crippen molar-refractivity contribution in [3.8, 4) is 0 Å². The molecule has 0 radical (unpaired) electrons. The number of nitrogens with zero attached hydrogens (tertiary/aromatic N) is 1. The highest BCUT2D eigenvalue weighted by atomic mass is 14.9. The SMILES string of the molecule is C1=CC2N=C3CNCC=CC3C2C=C1. The molecule has 0 spiro atoms. The third-order valence-electron chi connectivity index (χ3n) is 3.17. The van der Waals surface area contributed by atoms with Crippen LogP contribution in [0.4, 0.5) is 0 Å². The molecular formula is C12H14N2. The van der Waals surface area contributed by atoms with Gasteiger partial charge in [-0.2, -0.15) is 0 Å². The zero-order valence-electron chi connectivity index (χ0n) is 8.06. The quantitative estimate of drug-likeness (QED) is 0.567. The minimum absolute atomic E-state index is 0.393. The molecule has 0 aromatic rings. The first-order valence-electron chi connectivity index (χ1n) is 5.24. The van der Waals surface area contributed by atoms with Gasteiger partial charge in [-0.25, -0.2) is 0 Å². The molecule has 0 aromatic carbocycles. The summed E-state index contributed by atoms with van der Waals surface area (Å²) >= 11 is 0. The average Bonchev–Trinajstić information content (AvgIpc) is 2.42. The van der Waals surface area contributed by atoms with Crippen molar-refractivity contribution in [3.05, 3.63) is 36.5 Å². The third-order valence-corrected chi connectivity index (χ3v) is 3.17. The fourth-order valence-corrected chi connectivity index (χ4v) is 2.47. The molecular weight excluding hydrogens is 172 g/mol. The second-order valence-corrected chi connectivity index (χ2v) is 4.04. The first-order chi connectivity index (χ1) is 6.95. The number of hydrogen-bond donors (Lipinski definition) is 1. The van der Waals surface area contributed by atoms with E-state index in [0.29, 0.717) is 17.9 Å². The Morgan fingerprint density at radius 2 is 2.14 bits per heavy atom. The van der Waals surface area contributed by atoms with Crippen LogP contribution < -0.4 is 5.32 Å². The molecule has 14 heavy (non-hydrogen) atoms. The standard InChI is InChI=1S/C12H14N2/c1-2-6-11-9(4-1)10-5-3-7-13-8-12(10)14-11/h1-6,9-11,13H,7-8H2. The van der Waals surface area contributed by atoms with E-state index in [-0.39, 0.29) is 0 Å². The van der Waals surface area contributed by atoms with Crippen LogP contribution in [0.15, 0.2) is 41.4 Å². The monoisotopic (exact) mass is 186 g/mol. The van der Waals surface area contributed by atoms with Gasteiger partial charge in [0, 0.05) is 30.6 Å². The molecule has 3 rings (SSSR count). The normalized spacial score (nSPS) is 38.9. The summed E-state index contributed by atoms with van der Waals surface area (Å²) in [6, 6.07) is 0.393. The Morgan fingerprint density at radius 3 is 3.14 bits per heavy atom. The second kappa shape index (κ2) is 3.21. The third kappa shape index (κ3) is 1.18. The molecule has 3 atom stereocenters. The number of nitrogens with one attached hydrogen (secondary N) is 1. The van der Waals surface area contributed by atoms with Gasteiger partial charge in [-0.05, 0) is 0 Å². The van der Waals surface area contributed by atoms with Crippen molar-refractivity contribution in [1.29, 1.82) is 0 Å². The number of rotatable bonds is 0. The minimum atomic E-state index is 0.393. The molecule has 1 N–H and O–H groups in total. The maximum absolute atomic E-state index is 4.76. The molecule has 1 aliphatic carbocycles. The van der Waals surface area contributed by atoms with Crippen LogP contribution in [0.1, 0.15) is 0 Å². The first-order valence-corrected chi connectivity index (χ1v) is 5.24. The lowest BCUT2D eigenvalue weighted by Crippen LogP contribution is -2.25. The lowest BCUT2D eigenvalue weighted by Gasteiger charge is -2.18. The van der Waals surface area contributed by atoms with Gasteiger partial charge in [-0.3, -0.25) is 4.99 Å². The Hall–Kier alpha value is -1.15. The van der Waals surface area contributed by atoms with Crippen molar-refractivity contribution in [2.45, 2.75) is 6.04 Å². The van der Waals surface area contributed by atoms with E-state index in [9.17, 15) is 0 Å². The molecule has 3 aliphatic rings. The minimum Gasteiger partial charge on any atom is -0.308 e. The van der Waals surface area contributed by atoms with Crippen molar-refractivity contribution >= 4 is 5.71 Å². The van der Waals surface area contributed by atoms with Gasteiger partial charge < -0.3 is 5.32 Å². The van der Waals surface area contributed by atoms with Gasteiger partial charge in [-0.1, -0.05) is 36.5 Å². The second-order valence-electron chi connectivity index (χ2n) is 4.04. The first kappa shape index (κ1) is 8.18. The van der Waals surface area contributed by atoms with Crippen LogP contribution in [0, 0.1) is 11.8 Å². The summed E-state index contributed by atoms with van der Waals surface area (Å²) in [5.41, 5.74) is 1.32. The molecule has 0 aromatic heterocycles. The number of allylic oxidation sites excluding steroid dienone is 3. The average molecular weight is 186 g/mol. The van der Waals surface area contributed by atoms with Crippen molar-refractivity contribution in [1.82, 2.24) is 5.32 Å². The van der Waals surface area contributed by atoms with Gasteiger partial charge in [0.25, 0.3) is 0 Å². The van der Waals surface area contributed by atoms with Gasteiger partial charge in [0.1, 0.15) is 0 Å². The van der Waals surface area contributed by atoms with Crippen LogP contribution in [0.3, 0.4) is 0 Å². The molecule has 2 heteroatoms. The summed E-state index contributed by atoms with van der Waals surface area (Å²) < 4.78 is 0. The molecule has 0 amide bonds. The largest absolute Gasteiger partial charge is 0.308 e. The number of fused-ring (bicyclic) bond motifs is 3. The maximum Gasteiger partial charge on any atom is 0.0755 e. The smallest absolute Gasteiger partial charge is 0.0755 e. The Balaban J connectivity index is 1.95. The number of aliphatic imine (C=N–C) groups is 1. The Morgan fingerprint density at radius 1 is 1.21 bits per heavy atom. The van der Waals surface area contributed by atoms with Crippen LogP contribution in [0.5, 0.6) is 0 Å². The van der Waals surface area contributed by atoms with E-state index in [4.69, 9.17) is 4.99 Å². The highest BCUT2D eigenvalue weighted by molar-refractivity contribution is 5.93. The van der Waals surface area contributed by atoms with Crippen LogP contribution >= 0.6 is 0 Å². The van der Waals surface area contributed by atoms with Gasteiger partial charge in [0.2, 0.25) is 0 Å². The predicted octanol–water partition coefficient (Wildman–Crippen LogP) is 1.33. The molecule has 2 heterocycles. The van der Waals surface area contributed by atoms with Crippen molar-refractivity contribution in [3.63, 3.8) is 0 Å². The van der Waals surface area contributed by atoms with Gasteiger partial charge >= 0.3 is 0 Å². The van der Waals surface area contributed by atoms with Crippen LogP contribution in [-0.4, -0.2) is 24.8 Å². The van der Waals surface area contributed by atoms with E-state index < -0.39 is 0 Å². The maximum atomic E-state index is 4.76. The Kier molecular flexibility index (Phi) is 1.88. The summed E-state index contributed by atoms with van der Waals surface area (Å²) in [5, 5.41) is 3.36. The molecule has 0 fully saturated rings. The van der Waals surface area contributed by atoms with Crippen LogP contribution in [-0.2, 0) is 0 Å². The molecule has 0 bridgehead atoms. The van der Waals surface area contributed by atoms with Gasteiger partial charge in [0.05, 0.1) is 6.04 Å². The zero-order chi connectivity index (χ0) is 9.38. The highest BCUT2D eigenvalue weighted by Crippen LogP contribution is 2.33. The summed E-state index contributed by atoms with van der Waals surface area (Å²) in [4.78, 5) is 4.76. The Labute approximate surface area is 84.1 Å². The molecule has 0 saturated heterocycles. The fourth-order valence-electron chi connectivity index (χ4n) is 2.47. The van der Waals surface area contributed by atoms with E-state index in [1.165, 1.54) is 5.71 Å². The van der Waals surface area contributed by atoms with E-state index in [1.54, 1.807) is 0 Å². The van der Waals surface area contributed by atoms with E-state index in [1.807, 2.05) is 0 Å². The van der Waals surface area contributed by atoms with Crippen molar-refractivity contribution in [2.75, 3.05) is 13.1 Å². The Bertz CT molecular complexity index is 349. The number of hydrogen-bond acceptors (Lipinski definition) is 2. The van der Waals surface area contributed by atoms with Gasteiger partial charge in [0.15, 0.2) is 0 Å². The molecule has 0 saturated carbocycles. The summed E-state index contributed by atoms with van der Waals surface area (Å²) in [6.07, 6.45) is 13.3. The summed E-state index contributed by atoms with van der Waals surface area (Å²) in [6.45, 7) is 1.93. The van der Waals surface area contributed by atoms with E-state index >= 15 is 0 Å². The van der Waals surface area contributed by atoms with Crippen LogP contribution in [0.25, 0.3) is 0 Å². The van der Waals surface area contributed by atoms with Crippen molar-refractivity contribution < 1.29 is 0 Å². The molecule has 2 aliphatic heterocycles. The summed E-state index contributed by atoms with van der Waals surface area (Å²) in [5.74, 6) is 1.11. The van der Waals surface area contributed by atoms with Gasteiger partial charge in [-0.15, -0.1) is 0 Å².